The molecule has 0 bridgehead atoms. The van der Waals surface area contributed by atoms with Gasteiger partial charge in [0.1, 0.15) is 11.6 Å². The first kappa shape index (κ1) is 12.1. The number of nitrogens with zero attached hydrogens (tertiary/aromatic N) is 2. The molecule has 0 unspecified atom stereocenters. The standard InChI is InChI=1S/C12H13BrFN3/c1-2-17-6-5-12(16-17)15-8-9-3-4-11(14)10(13)7-9/h3-7H,2,8H2,1H3,(H,15,16). The van der Waals surface area contributed by atoms with E-state index in [1.54, 1.807) is 12.1 Å². The van der Waals surface area contributed by atoms with Gasteiger partial charge in [0.15, 0.2) is 0 Å². The van der Waals surface area contributed by atoms with Gasteiger partial charge in [-0.25, -0.2) is 4.39 Å². The van der Waals surface area contributed by atoms with E-state index in [1.165, 1.54) is 6.07 Å². The minimum absolute atomic E-state index is 0.246. The Labute approximate surface area is 108 Å². The maximum absolute atomic E-state index is 13.0. The molecule has 5 heteroatoms. The number of nitrogens with one attached hydrogen (secondary N) is 1. The van der Waals surface area contributed by atoms with Crippen LogP contribution >= 0.6 is 15.9 Å². The Balaban J connectivity index is 1.99. The van der Waals surface area contributed by atoms with E-state index >= 15 is 0 Å². The van der Waals surface area contributed by atoms with Gasteiger partial charge in [-0.15, -0.1) is 0 Å². The van der Waals surface area contributed by atoms with Crippen molar-refractivity contribution in [2.75, 3.05) is 5.32 Å². The molecule has 1 N–H and O–H groups in total. The number of hydrogen-bond donors (Lipinski definition) is 1. The zero-order valence-corrected chi connectivity index (χ0v) is 11.0. The summed E-state index contributed by atoms with van der Waals surface area (Å²) in [6, 6.07) is 6.89. The van der Waals surface area contributed by atoms with Gasteiger partial charge >= 0.3 is 0 Å². The van der Waals surface area contributed by atoms with Crippen LogP contribution in [0.4, 0.5) is 10.2 Å². The highest BCUT2D eigenvalue weighted by molar-refractivity contribution is 9.10. The minimum Gasteiger partial charge on any atom is -0.365 e. The van der Waals surface area contributed by atoms with Crippen LogP contribution in [0.5, 0.6) is 0 Å². The molecule has 3 nitrogen and oxygen atoms in total. The number of rotatable bonds is 4. The van der Waals surface area contributed by atoms with Crippen LogP contribution in [-0.2, 0) is 13.1 Å². The lowest BCUT2D eigenvalue weighted by atomic mass is 10.2. The summed E-state index contributed by atoms with van der Waals surface area (Å²) in [4.78, 5) is 0. The second kappa shape index (κ2) is 5.31. The van der Waals surface area contributed by atoms with Crippen molar-refractivity contribution in [1.29, 1.82) is 0 Å². The van der Waals surface area contributed by atoms with Gasteiger partial charge in [-0.2, -0.15) is 5.10 Å². The monoisotopic (exact) mass is 297 g/mol. The first-order valence-electron chi connectivity index (χ1n) is 5.40. The largest absolute Gasteiger partial charge is 0.365 e. The molecular weight excluding hydrogens is 285 g/mol. The minimum atomic E-state index is -0.246. The Bertz CT molecular complexity index is 510. The van der Waals surface area contributed by atoms with Crippen LogP contribution in [0.2, 0.25) is 0 Å². The average Bonchev–Trinajstić information content (AvgIpc) is 2.79. The Hall–Kier alpha value is -1.36. The molecule has 1 aromatic carbocycles. The molecule has 0 amide bonds. The third-order valence-corrected chi connectivity index (χ3v) is 3.03. The Kier molecular flexibility index (Phi) is 3.78. The lowest BCUT2D eigenvalue weighted by Gasteiger charge is -2.04. The van der Waals surface area contributed by atoms with Crippen molar-refractivity contribution in [3.8, 4) is 0 Å². The normalized spacial score (nSPS) is 10.5. The van der Waals surface area contributed by atoms with Crippen molar-refractivity contribution < 1.29 is 4.39 Å². The van der Waals surface area contributed by atoms with Crippen LogP contribution in [0.1, 0.15) is 12.5 Å². The van der Waals surface area contributed by atoms with Crippen LogP contribution in [0, 0.1) is 5.82 Å². The van der Waals surface area contributed by atoms with Crippen molar-refractivity contribution in [1.82, 2.24) is 9.78 Å². The summed E-state index contributed by atoms with van der Waals surface area (Å²) >= 11 is 3.17. The first-order valence-corrected chi connectivity index (χ1v) is 6.19. The average molecular weight is 298 g/mol. The van der Waals surface area contributed by atoms with Gasteiger partial charge in [0.25, 0.3) is 0 Å². The van der Waals surface area contributed by atoms with Crippen molar-refractivity contribution in [3.63, 3.8) is 0 Å². The van der Waals surface area contributed by atoms with Crippen molar-refractivity contribution in [2.24, 2.45) is 0 Å². The van der Waals surface area contributed by atoms with Gasteiger partial charge in [-0.1, -0.05) is 6.07 Å². The summed E-state index contributed by atoms with van der Waals surface area (Å²) in [7, 11) is 0. The van der Waals surface area contributed by atoms with Crippen LogP contribution in [0.3, 0.4) is 0 Å². The molecular formula is C12H13BrFN3. The fourth-order valence-corrected chi connectivity index (χ4v) is 1.90. The molecule has 2 aromatic rings. The lowest BCUT2D eigenvalue weighted by molar-refractivity contribution is 0.620. The third-order valence-electron chi connectivity index (χ3n) is 2.42. The van der Waals surface area contributed by atoms with E-state index in [4.69, 9.17) is 0 Å². The molecule has 0 spiro atoms. The lowest BCUT2D eigenvalue weighted by Crippen LogP contribution is -2.02. The van der Waals surface area contributed by atoms with E-state index in [-0.39, 0.29) is 5.82 Å². The molecule has 0 saturated carbocycles. The van der Waals surface area contributed by atoms with E-state index in [1.807, 2.05) is 23.9 Å². The summed E-state index contributed by atoms with van der Waals surface area (Å²) in [6.07, 6.45) is 1.92. The molecule has 0 fully saturated rings. The quantitative estimate of drug-likeness (QED) is 0.937. The Morgan fingerprint density at radius 1 is 1.41 bits per heavy atom. The van der Waals surface area contributed by atoms with Gasteiger partial charge in [-0.3, -0.25) is 4.68 Å². The summed E-state index contributed by atoms with van der Waals surface area (Å²) in [6.45, 7) is 3.51. The number of anilines is 1. The smallest absolute Gasteiger partial charge is 0.148 e. The molecule has 0 radical (unpaired) electrons. The molecule has 0 saturated heterocycles. The number of halogens is 2. The van der Waals surface area contributed by atoms with Gasteiger partial charge in [0.05, 0.1) is 4.47 Å². The van der Waals surface area contributed by atoms with Crippen LogP contribution in [0.25, 0.3) is 0 Å². The number of aryl methyl sites for hydroxylation is 1. The predicted octanol–water partition coefficient (Wildman–Crippen LogP) is 3.42. The van der Waals surface area contributed by atoms with E-state index in [0.717, 1.165) is 17.9 Å². The molecule has 2 rings (SSSR count). The van der Waals surface area contributed by atoms with E-state index in [9.17, 15) is 4.39 Å². The molecule has 0 aliphatic rings. The van der Waals surface area contributed by atoms with Crippen LogP contribution < -0.4 is 5.32 Å². The third kappa shape index (κ3) is 3.06. The Morgan fingerprint density at radius 2 is 2.24 bits per heavy atom. The maximum Gasteiger partial charge on any atom is 0.148 e. The summed E-state index contributed by atoms with van der Waals surface area (Å²) in [5.74, 6) is 0.580. The van der Waals surface area contributed by atoms with E-state index in [2.05, 4.69) is 26.3 Å². The molecule has 0 aliphatic carbocycles. The number of aromatic nitrogens is 2. The molecule has 90 valence electrons. The number of benzene rings is 1. The SMILES string of the molecule is CCn1ccc(NCc2ccc(F)c(Br)c2)n1. The van der Waals surface area contributed by atoms with Gasteiger partial charge in [-0.05, 0) is 40.5 Å². The highest BCUT2D eigenvalue weighted by atomic mass is 79.9. The maximum atomic E-state index is 13.0. The van der Waals surface area contributed by atoms with Crippen LogP contribution in [-0.4, -0.2) is 9.78 Å². The second-order valence-electron chi connectivity index (χ2n) is 3.66. The Morgan fingerprint density at radius 3 is 2.88 bits per heavy atom. The van der Waals surface area contributed by atoms with Gasteiger partial charge in [0.2, 0.25) is 0 Å². The highest BCUT2D eigenvalue weighted by Crippen LogP contribution is 2.17. The summed E-state index contributed by atoms with van der Waals surface area (Å²) in [5.41, 5.74) is 1.00. The molecule has 17 heavy (non-hydrogen) atoms. The predicted molar refractivity (Wildman–Crippen MR) is 69.3 cm³/mol. The second-order valence-corrected chi connectivity index (χ2v) is 4.51. The number of hydrogen-bond acceptors (Lipinski definition) is 2. The zero-order valence-electron chi connectivity index (χ0n) is 9.45. The van der Waals surface area contributed by atoms with E-state index in [0.29, 0.717) is 11.0 Å². The fraction of sp³-hybridized carbons (Fsp3) is 0.250. The van der Waals surface area contributed by atoms with Crippen molar-refractivity contribution >= 4 is 21.7 Å². The van der Waals surface area contributed by atoms with Crippen LogP contribution in [0.15, 0.2) is 34.9 Å². The molecule has 1 aromatic heterocycles. The molecule has 1 heterocycles. The summed E-state index contributed by atoms with van der Waals surface area (Å²) in [5, 5.41) is 7.49. The summed E-state index contributed by atoms with van der Waals surface area (Å²) < 4.78 is 15.4. The molecule has 0 atom stereocenters. The van der Waals surface area contributed by atoms with E-state index < -0.39 is 0 Å². The zero-order chi connectivity index (χ0) is 12.3. The topological polar surface area (TPSA) is 29.9 Å². The van der Waals surface area contributed by atoms with Gasteiger partial charge in [0, 0.05) is 25.4 Å². The first-order chi connectivity index (χ1) is 8.19. The van der Waals surface area contributed by atoms with Crippen molar-refractivity contribution in [3.05, 3.63) is 46.3 Å². The van der Waals surface area contributed by atoms with Gasteiger partial charge < -0.3 is 5.32 Å². The highest BCUT2D eigenvalue weighted by Gasteiger charge is 2.01. The fourth-order valence-electron chi connectivity index (χ4n) is 1.47. The molecule has 0 aliphatic heterocycles. The van der Waals surface area contributed by atoms with Crippen molar-refractivity contribution in [2.45, 2.75) is 20.0 Å².